The average Bonchev–Trinajstić information content (AvgIpc) is 2.97. The molecule has 12 heteroatoms. The Bertz CT molecular complexity index is 1750. The third-order valence-corrected chi connectivity index (χ3v) is 9.33. The van der Waals surface area contributed by atoms with Crippen molar-refractivity contribution in [2.24, 2.45) is 5.10 Å². The molecule has 0 atom stereocenters. The summed E-state index contributed by atoms with van der Waals surface area (Å²) in [6.45, 7) is 3.43. The molecular formula is C31H28BrCl2N3O5S. The first-order valence-corrected chi connectivity index (χ1v) is 15.9. The van der Waals surface area contributed by atoms with Crippen molar-refractivity contribution in [2.75, 3.05) is 18.0 Å². The minimum absolute atomic E-state index is 0.0430. The van der Waals surface area contributed by atoms with Crippen molar-refractivity contribution in [2.45, 2.75) is 25.3 Å². The van der Waals surface area contributed by atoms with Crippen LogP contribution < -0.4 is 19.2 Å². The lowest BCUT2D eigenvalue weighted by molar-refractivity contribution is -0.119. The van der Waals surface area contributed by atoms with E-state index in [0.717, 1.165) is 21.0 Å². The predicted octanol–water partition coefficient (Wildman–Crippen LogP) is 7.31. The van der Waals surface area contributed by atoms with Crippen LogP contribution in [0.3, 0.4) is 0 Å². The molecule has 0 bridgehead atoms. The lowest BCUT2D eigenvalue weighted by Crippen LogP contribution is -2.39. The van der Waals surface area contributed by atoms with Crippen LogP contribution in [0.1, 0.15) is 22.3 Å². The summed E-state index contributed by atoms with van der Waals surface area (Å²) in [7, 11) is -2.59. The van der Waals surface area contributed by atoms with Crippen LogP contribution in [0.25, 0.3) is 0 Å². The molecule has 0 saturated heterocycles. The number of hydrogen-bond donors (Lipinski definition) is 1. The van der Waals surface area contributed by atoms with Gasteiger partial charge in [-0.05, 0) is 95.0 Å². The molecule has 1 amide bonds. The highest BCUT2D eigenvalue weighted by atomic mass is 79.9. The Labute approximate surface area is 269 Å². The molecule has 0 aliphatic rings. The Morgan fingerprint density at radius 3 is 2.35 bits per heavy atom. The van der Waals surface area contributed by atoms with Crippen molar-refractivity contribution in [3.63, 3.8) is 0 Å². The Hall–Kier alpha value is -3.57. The Morgan fingerprint density at radius 1 is 1.00 bits per heavy atom. The first kappa shape index (κ1) is 32.3. The van der Waals surface area contributed by atoms with E-state index in [2.05, 4.69) is 26.5 Å². The SMILES string of the molecule is COc1cc(/C=N\NC(=O)CN(c2ccc(C)c(Cl)c2)S(=O)(=O)c2ccc(C)cc2)cc(Br)c1OCc1ccc(Cl)cc1. The van der Waals surface area contributed by atoms with Gasteiger partial charge in [0.1, 0.15) is 13.2 Å². The van der Waals surface area contributed by atoms with Crippen molar-refractivity contribution in [1.29, 1.82) is 0 Å². The zero-order chi connectivity index (χ0) is 31.1. The van der Waals surface area contributed by atoms with E-state index in [0.29, 0.717) is 38.2 Å². The van der Waals surface area contributed by atoms with Gasteiger partial charge in [0.25, 0.3) is 15.9 Å². The van der Waals surface area contributed by atoms with E-state index in [1.807, 2.05) is 19.1 Å². The molecular weight excluding hydrogens is 677 g/mol. The highest BCUT2D eigenvalue weighted by molar-refractivity contribution is 9.10. The first-order chi connectivity index (χ1) is 20.5. The maximum Gasteiger partial charge on any atom is 0.264 e. The molecule has 0 spiro atoms. The molecule has 4 rings (SSSR count). The number of aryl methyl sites for hydroxylation is 2. The number of carbonyl (C=O) groups is 1. The van der Waals surface area contributed by atoms with Gasteiger partial charge in [0.15, 0.2) is 11.5 Å². The standard InChI is InChI=1S/C31H28BrCl2N3O5S/c1-20-4-12-26(13-5-20)43(39,40)37(25-11-6-21(2)28(34)16-25)18-30(38)36-35-17-23-14-27(32)31(29(15-23)41-3)42-19-22-7-9-24(33)10-8-22/h4-17H,18-19H2,1-3H3,(H,36,38)/b35-17-. The number of hydrogen-bond acceptors (Lipinski definition) is 6. The number of rotatable bonds is 11. The van der Waals surface area contributed by atoms with Crippen LogP contribution >= 0.6 is 39.1 Å². The van der Waals surface area contributed by atoms with Crippen molar-refractivity contribution < 1.29 is 22.7 Å². The average molecular weight is 705 g/mol. The zero-order valence-corrected chi connectivity index (χ0v) is 27.4. The van der Waals surface area contributed by atoms with Crippen LogP contribution in [0.5, 0.6) is 11.5 Å². The Kier molecular flexibility index (Phi) is 10.7. The van der Waals surface area contributed by atoms with Gasteiger partial charge in [0.05, 0.1) is 28.4 Å². The molecule has 0 saturated carbocycles. The fourth-order valence-corrected chi connectivity index (χ4v) is 6.21. The molecule has 0 radical (unpaired) electrons. The van der Waals surface area contributed by atoms with Gasteiger partial charge in [-0.15, -0.1) is 0 Å². The molecule has 0 heterocycles. The quantitative estimate of drug-likeness (QED) is 0.131. The second-order valence-corrected chi connectivity index (χ2v) is 13.1. The van der Waals surface area contributed by atoms with Crippen molar-refractivity contribution in [3.05, 3.63) is 116 Å². The molecule has 0 unspecified atom stereocenters. The normalized spacial score (nSPS) is 11.4. The third-order valence-electron chi connectivity index (χ3n) is 6.29. The summed E-state index contributed by atoms with van der Waals surface area (Å²) in [4.78, 5) is 13.0. The molecule has 224 valence electrons. The number of benzene rings is 4. The minimum atomic E-state index is -4.10. The minimum Gasteiger partial charge on any atom is -0.493 e. The zero-order valence-electron chi connectivity index (χ0n) is 23.5. The fourth-order valence-electron chi connectivity index (χ4n) is 3.92. The summed E-state index contributed by atoms with van der Waals surface area (Å²) < 4.78 is 40.3. The number of nitrogens with one attached hydrogen (secondary N) is 1. The van der Waals surface area contributed by atoms with Crippen LogP contribution in [0, 0.1) is 13.8 Å². The van der Waals surface area contributed by atoms with Gasteiger partial charge in [0, 0.05) is 10.0 Å². The summed E-state index contributed by atoms with van der Waals surface area (Å²) in [5, 5.41) is 5.05. The molecule has 43 heavy (non-hydrogen) atoms. The second kappa shape index (κ2) is 14.3. The molecule has 0 aliphatic heterocycles. The molecule has 1 N–H and O–H groups in total. The van der Waals surface area contributed by atoms with E-state index < -0.39 is 22.5 Å². The number of sulfonamides is 1. The molecule has 0 aromatic heterocycles. The highest BCUT2D eigenvalue weighted by Crippen LogP contribution is 2.37. The first-order valence-electron chi connectivity index (χ1n) is 12.9. The number of amides is 1. The Morgan fingerprint density at radius 2 is 1.70 bits per heavy atom. The van der Waals surface area contributed by atoms with E-state index >= 15 is 0 Å². The topological polar surface area (TPSA) is 97.3 Å². The van der Waals surface area contributed by atoms with E-state index in [1.54, 1.807) is 55.5 Å². The number of anilines is 1. The largest absolute Gasteiger partial charge is 0.493 e. The van der Waals surface area contributed by atoms with Gasteiger partial charge in [0.2, 0.25) is 0 Å². The van der Waals surface area contributed by atoms with Crippen LogP contribution in [0.15, 0.2) is 93.3 Å². The summed E-state index contributed by atoms with van der Waals surface area (Å²) in [6.07, 6.45) is 1.41. The van der Waals surface area contributed by atoms with Crippen LogP contribution in [-0.4, -0.2) is 34.2 Å². The van der Waals surface area contributed by atoms with E-state index in [-0.39, 0.29) is 10.6 Å². The van der Waals surface area contributed by atoms with Crippen LogP contribution in [-0.2, 0) is 21.4 Å². The number of methoxy groups -OCH3 is 1. The second-order valence-electron chi connectivity index (χ2n) is 9.50. The van der Waals surface area contributed by atoms with Gasteiger partial charge < -0.3 is 9.47 Å². The number of halogens is 3. The molecule has 4 aromatic rings. The lowest BCUT2D eigenvalue weighted by atomic mass is 10.2. The van der Waals surface area contributed by atoms with Gasteiger partial charge >= 0.3 is 0 Å². The summed E-state index contributed by atoms with van der Waals surface area (Å²) in [5.74, 6) is 0.285. The van der Waals surface area contributed by atoms with Crippen molar-refractivity contribution in [1.82, 2.24) is 5.43 Å². The predicted molar refractivity (Wildman–Crippen MR) is 174 cm³/mol. The summed E-state index contributed by atoms with van der Waals surface area (Å²) in [5.41, 5.74) is 5.85. The fraction of sp³-hybridized carbons (Fsp3) is 0.161. The van der Waals surface area contributed by atoms with E-state index in [4.69, 9.17) is 32.7 Å². The van der Waals surface area contributed by atoms with Crippen LogP contribution in [0.2, 0.25) is 10.0 Å². The number of nitrogens with zero attached hydrogens (tertiary/aromatic N) is 2. The third kappa shape index (κ3) is 8.29. The van der Waals surface area contributed by atoms with Crippen molar-refractivity contribution in [3.8, 4) is 11.5 Å². The van der Waals surface area contributed by atoms with E-state index in [9.17, 15) is 13.2 Å². The lowest BCUT2D eigenvalue weighted by Gasteiger charge is -2.24. The number of carbonyl (C=O) groups excluding carboxylic acids is 1. The smallest absolute Gasteiger partial charge is 0.264 e. The van der Waals surface area contributed by atoms with Gasteiger partial charge in [-0.25, -0.2) is 13.8 Å². The molecule has 0 fully saturated rings. The van der Waals surface area contributed by atoms with Gasteiger partial charge in [-0.3, -0.25) is 9.10 Å². The molecule has 4 aromatic carbocycles. The summed E-state index contributed by atoms with van der Waals surface area (Å²) in [6, 6.07) is 21.9. The highest BCUT2D eigenvalue weighted by Gasteiger charge is 2.27. The number of ether oxygens (including phenoxy) is 2. The van der Waals surface area contributed by atoms with Gasteiger partial charge in [-0.2, -0.15) is 5.10 Å². The monoisotopic (exact) mass is 703 g/mol. The maximum absolute atomic E-state index is 13.6. The van der Waals surface area contributed by atoms with Crippen LogP contribution in [0.4, 0.5) is 5.69 Å². The maximum atomic E-state index is 13.6. The van der Waals surface area contributed by atoms with Gasteiger partial charge in [-0.1, -0.05) is 59.1 Å². The number of hydrazone groups is 1. The van der Waals surface area contributed by atoms with Crippen molar-refractivity contribution >= 4 is 67.0 Å². The molecule has 0 aliphatic carbocycles. The Balaban J connectivity index is 1.50. The molecule has 8 nitrogen and oxygen atoms in total. The summed E-state index contributed by atoms with van der Waals surface area (Å²) >= 11 is 15.8. The van der Waals surface area contributed by atoms with E-state index in [1.165, 1.54) is 31.5 Å².